The number of amides is 2. The van der Waals surface area contributed by atoms with Crippen LogP contribution >= 0.6 is 0 Å². The number of hydrogen-bond donors (Lipinski definition) is 1. The Morgan fingerprint density at radius 3 is 2.34 bits per heavy atom. The lowest BCUT2D eigenvalue weighted by Crippen LogP contribution is -2.53. The molecule has 2 aromatic heterocycles. The first kappa shape index (κ1) is 19.4. The van der Waals surface area contributed by atoms with Gasteiger partial charge in [0.05, 0.1) is 31.7 Å². The number of furan rings is 1. The highest BCUT2D eigenvalue weighted by Gasteiger charge is 2.27. The van der Waals surface area contributed by atoms with Gasteiger partial charge in [0, 0.05) is 39.3 Å². The van der Waals surface area contributed by atoms with E-state index < -0.39 is 5.56 Å². The zero-order valence-electron chi connectivity index (χ0n) is 16.1. The first-order valence-corrected chi connectivity index (χ1v) is 9.76. The number of pyridine rings is 1. The van der Waals surface area contributed by atoms with Crippen LogP contribution in [-0.2, 0) is 9.53 Å². The number of carbonyl (C=O) groups is 2. The molecule has 0 unspecified atom stereocenters. The van der Waals surface area contributed by atoms with E-state index in [0.29, 0.717) is 57.4 Å². The van der Waals surface area contributed by atoms with Crippen molar-refractivity contribution < 1.29 is 18.7 Å². The summed E-state index contributed by atoms with van der Waals surface area (Å²) in [4.78, 5) is 45.8. The standard InChI is InChI=1S/C20H24N4O5/c25-18(14-22-9-12-28-13-10-22)23-5-7-24(8-6-23)20(27)15-3-4-16(21-19(15)26)17-2-1-11-29-17/h1-4,11H,5-10,12-14H2,(H,21,26). The lowest BCUT2D eigenvalue weighted by Gasteiger charge is -2.36. The number of aromatic amines is 1. The Bertz CT molecular complexity index is 909. The fourth-order valence-corrected chi connectivity index (χ4v) is 3.60. The first-order chi connectivity index (χ1) is 14.1. The molecule has 0 spiro atoms. The maximum Gasteiger partial charge on any atom is 0.261 e. The van der Waals surface area contributed by atoms with Gasteiger partial charge in [0.25, 0.3) is 11.5 Å². The van der Waals surface area contributed by atoms with Crippen LogP contribution in [0.3, 0.4) is 0 Å². The van der Waals surface area contributed by atoms with Crippen LogP contribution in [0.5, 0.6) is 0 Å². The van der Waals surface area contributed by atoms with Gasteiger partial charge in [-0.1, -0.05) is 0 Å². The molecule has 9 heteroatoms. The molecule has 9 nitrogen and oxygen atoms in total. The minimum atomic E-state index is -0.449. The van der Waals surface area contributed by atoms with Gasteiger partial charge >= 0.3 is 0 Å². The Morgan fingerprint density at radius 2 is 1.69 bits per heavy atom. The summed E-state index contributed by atoms with van der Waals surface area (Å²) < 4.78 is 10.6. The Balaban J connectivity index is 1.34. The predicted molar refractivity (Wildman–Crippen MR) is 105 cm³/mol. The third-order valence-electron chi connectivity index (χ3n) is 5.31. The largest absolute Gasteiger partial charge is 0.463 e. The minimum absolute atomic E-state index is 0.0691. The van der Waals surface area contributed by atoms with Crippen molar-refractivity contribution in [2.45, 2.75) is 0 Å². The van der Waals surface area contributed by atoms with Crippen LogP contribution in [0.15, 0.2) is 39.7 Å². The molecule has 2 aromatic rings. The van der Waals surface area contributed by atoms with Crippen LogP contribution in [0.1, 0.15) is 10.4 Å². The summed E-state index contributed by atoms with van der Waals surface area (Å²) in [7, 11) is 0. The molecule has 2 fully saturated rings. The van der Waals surface area contributed by atoms with Crippen molar-refractivity contribution >= 4 is 11.8 Å². The van der Waals surface area contributed by atoms with E-state index >= 15 is 0 Å². The van der Waals surface area contributed by atoms with Gasteiger partial charge in [0.2, 0.25) is 5.91 Å². The zero-order chi connectivity index (χ0) is 20.2. The van der Waals surface area contributed by atoms with Gasteiger partial charge in [-0.2, -0.15) is 0 Å². The van der Waals surface area contributed by atoms with E-state index in [1.165, 1.54) is 12.3 Å². The molecule has 0 bridgehead atoms. The summed E-state index contributed by atoms with van der Waals surface area (Å²) in [6.07, 6.45) is 1.52. The number of nitrogens with zero attached hydrogens (tertiary/aromatic N) is 3. The van der Waals surface area contributed by atoms with Gasteiger partial charge in [-0.15, -0.1) is 0 Å². The van der Waals surface area contributed by atoms with Crippen LogP contribution in [0.25, 0.3) is 11.5 Å². The van der Waals surface area contributed by atoms with Crippen molar-refractivity contribution in [1.29, 1.82) is 0 Å². The molecule has 2 saturated heterocycles. The van der Waals surface area contributed by atoms with E-state index in [4.69, 9.17) is 9.15 Å². The molecule has 1 N–H and O–H groups in total. The third-order valence-corrected chi connectivity index (χ3v) is 5.31. The topological polar surface area (TPSA) is 99.1 Å². The van der Waals surface area contributed by atoms with Crippen LogP contribution in [0, 0.1) is 0 Å². The second kappa shape index (κ2) is 8.62. The maximum absolute atomic E-state index is 12.8. The fourth-order valence-electron chi connectivity index (χ4n) is 3.60. The van der Waals surface area contributed by atoms with Crippen LogP contribution < -0.4 is 5.56 Å². The lowest BCUT2D eigenvalue weighted by molar-refractivity contribution is -0.134. The van der Waals surface area contributed by atoms with Crippen LogP contribution in [0.2, 0.25) is 0 Å². The summed E-state index contributed by atoms with van der Waals surface area (Å²) in [5.74, 6) is 0.283. The first-order valence-electron chi connectivity index (χ1n) is 9.76. The molecular weight excluding hydrogens is 376 g/mol. The number of hydrogen-bond acceptors (Lipinski definition) is 6. The van der Waals surface area contributed by atoms with E-state index in [2.05, 4.69) is 9.88 Å². The molecular formula is C20H24N4O5. The molecule has 4 rings (SSSR count). The highest BCUT2D eigenvalue weighted by molar-refractivity contribution is 5.94. The molecule has 0 atom stereocenters. The summed E-state index contributed by atoms with van der Waals surface area (Å²) in [6, 6.07) is 6.65. The molecule has 2 aliphatic heterocycles. The van der Waals surface area contributed by atoms with Crippen molar-refractivity contribution in [3.05, 3.63) is 46.4 Å². The van der Waals surface area contributed by atoms with Crippen LogP contribution in [-0.4, -0.2) is 90.5 Å². The van der Waals surface area contributed by atoms with E-state index in [-0.39, 0.29) is 17.4 Å². The van der Waals surface area contributed by atoms with E-state index in [0.717, 1.165) is 13.1 Å². The molecule has 4 heterocycles. The normalized spacial score (nSPS) is 18.1. The molecule has 0 saturated carbocycles. The average molecular weight is 400 g/mol. The highest BCUT2D eigenvalue weighted by atomic mass is 16.5. The summed E-state index contributed by atoms with van der Waals surface area (Å²) in [5.41, 5.74) is 0.165. The smallest absolute Gasteiger partial charge is 0.261 e. The lowest BCUT2D eigenvalue weighted by atomic mass is 10.2. The molecule has 154 valence electrons. The summed E-state index contributed by atoms with van der Waals surface area (Å²) in [5, 5.41) is 0. The molecule has 0 aliphatic carbocycles. The SMILES string of the molecule is O=C(CN1CCOCC1)N1CCN(C(=O)c2ccc(-c3ccco3)[nH]c2=O)CC1. The van der Waals surface area contributed by atoms with Gasteiger partial charge in [-0.3, -0.25) is 19.3 Å². The Labute approximate surface area is 167 Å². The monoisotopic (exact) mass is 400 g/mol. The Kier molecular flexibility index (Phi) is 5.77. The van der Waals surface area contributed by atoms with Gasteiger partial charge in [0.1, 0.15) is 11.3 Å². The predicted octanol–water partition coefficient (Wildman–Crippen LogP) is 0.252. The number of carbonyl (C=O) groups excluding carboxylic acids is 2. The van der Waals surface area contributed by atoms with Crippen molar-refractivity contribution in [1.82, 2.24) is 19.7 Å². The van der Waals surface area contributed by atoms with Crippen molar-refractivity contribution in [3.63, 3.8) is 0 Å². The number of rotatable bonds is 4. The van der Waals surface area contributed by atoms with Gasteiger partial charge in [-0.05, 0) is 24.3 Å². The van der Waals surface area contributed by atoms with Crippen molar-refractivity contribution in [3.8, 4) is 11.5 Å². The van der Waals surface area contributed by atoms with Crippen molar-refractivity contribution in [2.75, 3.05) is 59.0 Å². The Hall–Kier alpha value is -2.91. The molecule has 2 aliphatic rings. The van der Waals surface area contributed by atoms with Gasteiger partial charge in [-0.25, -0.2) is 0 Å². The maximum atomic E-state index is 12.8. The number of H-pyrrole nitrogens is 1. The quantitative estimate of drug-likeness (QED) is 0.790. The van der Waals surface area contributed by atoms with E-state index in [1.807, 2.05) is 0 Å². The fraction of sp³-hybridized carbons (Fsp3) is 0.450. The van der Waals surface area contributed by atoms with E-state index in [9.17, 15) is 14.4 Å². The summed E-state index contributed by atoms with van der Waals surface area (Å²) in [6.45, 7) is 4.98. The van der Waals surface area contributed by atoms with Crippen molar-refractivity contribution in [2.24, 2.45) is 0 Å². The molecule has 2 amide bonds. The van der Waals surface area contributed by atoms with Crippen LogP contribution in [0.4, 0.5) is 0 Å². The molecule has 29 heavy (non-hydrogen) atoms. The minimum Gasteiger partial charge on any atom is -0.463 e. The number of nitrogens with one attached hydrogen (secondary N) is 1. The number of piperazine rings is 1. The second-order valence-corrected chi connectivity index (χ2v) is 7.15. The third kappa shape index (κ3) is 4.41. The Morgan fingerprint density at radius 1 is 0.966 bits per heavy atom. The number of morpholine rings is 1. The van der Waals surface area contributed by atoms with Gasteiger partial charge in [0.15, 0.2) is 0 Å². The number of aromatic nitrogens is 1. The van der Waals surface area contributed by atoms with E-state index in [1.54, 1.807) is 28.0 Å². The average Bonchev–Trinajstić information content (AvgIpc) is 3.29. The molecule has 0 aromatic carbocycles. The zero-order valence-corrected chi connectivity index (χ0v) is 16.1. The molecule has 0 radical (unpaired) electrons. The second-order valence-electron chi connectivity index (χ2n) is 7.15. The van der Waals surface area contributed by atoms with Gasteiger partial charge < -0.3 is 23.9 Å². The summed E-state index contributed by atoms with van der Waals surface area (Å²) >= 11 is 0. The number of ether oxygens (including phenoxy) is 1. The highest BCUT2D eigenvalue weighted by Crippen LogP contribution is 2.16.